The molecule has 0 aliphatic heterocycles. The molecule has 0 fully saturated rings. The molecule has 3 aromatic rings. The first-order valence-electron chi connectivity index (χ1n) is 11.3. The van der Waals surface area contributed by atoms with Gasteiger partial charge in [-0.3, -0.25) is 9.52 Å². The molecule has 11 heteroatoms. The Morgan fingerprint density at radius 2 is 1.78 bits per heavy atom. The summed E-state index contributed by atoms with van der Waals surface area (Å²) in [6, 6.07) is 11.6. The van der Waals surface area contributed by atoms with Gasteiger partial charge in [-0.15, -0.1) is 6.58 Å². The highest BCUT2D eigenvalue weighted by Crippen LogP contribution is 2.26. The largest absolute Gasteiger partial charge is 0.337 e. The highest BCUT2D eigenvalue weighted by atomic mass is 32.2. The molecule has 2 aromatic carbocycles. The number of halogens is 1. The van der Waals surface area contributed by atoms with Gasteiger partial charge in [0.2, 0.25) is 17.6 Å². The Morgan fingerprint density at radius 3 is 2.36 bits per heavy atom. The zero-order chi connectivity index (χ0) is 26.5. The summed E-state index contributed by atoms with van der Waals surface area (Å²) in [7, 11) is -3.88. The molecule has 9 nitrogen and oxygen atoms in total. The molecule has 0 bridgehead atoms. The molecule has 1 aromatic heterocycles. The fourth-order valence-electron chi connectivity index (χ4n) is 3.12. The van der Waals surface area contributed by atoms with Crippen molar-refractivity contribution in [3.8, 4) is 11.4 Å². The molecule has 3 rings (SSSR count). The van der Waals surface area contributed by atoms with Crippen LogP contribution in [0.3, 0.4) is 0 Å². The van der Waals surface area contributed by atoms with Gasteiger partial charge in [0, 0.05) is 16.9 Å². The monoisotopic (exact) mass is 515 g/mol. The van der Waals surface area contributed by atoms with E-state index in [4.69, 9.17) is 10.3 Å². The summed E-state index contributed by atoms with van der Waals surface area (Å²) in [5.74, 6) is 0.199. The van der Waals surface area contributed by atoms with Crippen LogP contribution in [0.4, 0.5) is 15.8 Å². The lowest BCUT2D eigenvalue weighted by Gasteiger charge is -2.19. The third kappa shape index (κ3) is 6.35. The number of benzene rings is 2. The molecule has 192 valence electrons. The molecule has 4 N–H and O–H groups in total. The molecule has 1 amide bonds. The van der Waals surface area contributed by atoms with Crippen molar-refractivity contribution in [1.82, 2.24) is 10.1 Å². The van der Waals surface area contributed by atoms with Crippen molar-refractivity contribution >= 4 is 27.3 Å². The maximum Gasteiger partial charge on any atom is 0.261 e. The number of sulfonamides is 1. The summed E-state index contributed by atoms with van der Waals surface area (Å²) in [5, 5.41) is 6.56. The lowest BCUT2D eigenvalue weighted by Crippen LogP contribution is -2.32. The van der Waals surface area contributed by atoms with Gasteiger partial charge >= 0.3 is 0 Å². The standard InChI is InChI=1S/C25H30FN5O4S/c1-5-6-16(2)21(27)23-29-22(30-35-23)17-7-13-20(14-8-17)36(33,34)31-19-11-9-18(10-12-19)28-24(32)25(3,4)15-26/h5,7-14,16,21,31H,1,6,15,27H2,2-4H3,(H,28,32)/t16?,21-/m0/s1. The number of rotatable bonds is 11. The van der Waals surface area contributed by atoms with Crippen LogP contribution in [-0.4, -0.2) is 31.1 Å². The van der Waals surface area contributed by atoms with Crippen LogP contribution < -0.4 is 15.8 Å². The van der Waals surface area contributed by atoms with Gasteiger partial charge in [-0.1, -0.05) is 18.2 Å². The number of amides is 1. The average Bonchev–Trinajstić information content (AvgIpc) is 3.35. The normalized spacial score (nSPS) is 13.6. The van der Waals surface area contributed by atoms with Crippen molar-refractivity contribution in [3.05, 3.63) is 67.1 Å². The maximum atomic E-state index is 13.0. The van der Waals surface area contributed by atoms with Crippen LogP contribution in [0, 0.1) is 11.3 Å². The van der Waals surface area contributed by atoms with Crippen molar-refractivity contribution in [3.63, 3.8) is 0 Å². The van der Waals surface area contributed by atoms with Gasteiger partial charge in [0.05, 0.1) is 16.4 Å². The number of carbonyl (C=O) groups excluding carboxylic acids is 1. The number of nitrogens with one attached hydrogen (secondary N) is 2. The number of allylic oxidation sites excluding steroid dienone is 1. The second-order valence-electron chi connectivity index (χ2n) is 9.16. The van der Waals surface area contributed by atoms with E-state index in [9.17, 15) is 17.6 Å². The first-order valence-corrected chi connectivity index (χ1v) is 12.8. The predicted molar refractivity (Wildman–Crippen MR) is 136 cm³/mol. The van der Waals surface area contributed by atoms with Crippen molar-refractivity contribution in [1.29, 1.82) is 0 Å². The van der Waals surface area contributed by atoms with E-state index in [0.29, 0.717) is 35.1 Å². The first kappa shape index (κ1) is 27.0. The Labute approximate surface area is 210 Å². The lowest BCUT2D eigenvalue weighted by atomic mass is 9.94. The summed E-state index contributed by atoms with van der Waals surface area (Å²) in [5.41, 5.74) is 6.29. The van der Waals surface area contributed by atoms with E-state index in [1.54, 1.807) is 18.2 Å². The number of nitrogens with zero attached hydrogens (tertiary/aromatic N) is 2. The van der Waals surface area contributed by atoms with E-state index >= 15 is 0 Å². The molecule has 0 aliphatic rings. The number of carbonyl (C=O) groups is 1. The fourth-order valence-corrected chi connectivity index (χ4v) is 4.18. The summed E-state index contributed by atoms with van der Waals surface area (Å²) < 4.78 is 46.4. The van der Waals surface area contributed by atoms with E-state index < -0.39 is 34.1 Å². The minimum atomic E-state index is -3.88. The van der Waals surface area contributed by atoms with Crippen LogP contribution >= 0.6 is 0 Å². The van der Waals surface area contributed by atoms with E-state index in [0.717, 1.165) is 0 Å². The molecule has 0 radical (unpaired) electrons. The van der Waals surface area contributed by atoms with Crippen molar-refractivity contribution in [2.75, 3.05) is 16.7 Å². The maximum absolute atomic E-state index is 13.0. The van der Waals surface area contributed by atoms with Crippen LogP contribution in [0.2, 0.25) is 0 Å². The Balaban J connectivity index is 1.68. The smallest absolute Gasteiger partial charge is 0.261 e. The number of aromatic nitrogens is 2. The zero-order valence-corrected chi connectivity index (χ0v) is 21.2. The fraction of sp³-hybridized carbons (Fsp3) is 0.320. The predicted octanol–water partition coefficient (Wildman–Crippen LogP) is 4.68. The minimum absolute atomic E-state index is 0.0355. The molecule has 0 saturated heterocycles. The summed E-state index contributed by atoms with van der Waals surface area (Å²) in [6.07, 6.45) is 2.48. The highest BCUT2D eigenvalue weighted by molar-refractivity contribution is 7.92. The third-order valence-corrected chi connectivity index (χ3v) is 7.04. The molecule has 0 saturated carbocycles. The molecule has 2 atom stereocenters. The highest BCUT2D eigenvalue weighted by Gasteiger charge is 2.27. The molecule has 0 aliphatic carbocycles. The second-order valence-corrected chi connectivity index (χ2v) is 10.8. The molecule has 1 heterocycles. The number of hydrogen-bond donors (Lipinski definition) is 3. The number of nitrogens with two attached hydrogens (primary N) is 1. The van der Waals surface area contributed by atoms with Crippen molar-refractivity contribution < 1.29 is 22.1 Å². The minimum Gasteiger partial charge on any atom is -0.337 e. The summed E-state index contributed by atoms with van der Waals surface area (Å²) >= 11 is 0. The number of alkyl halides is 1. The quantitative estimate of drug-likeness (QED) is 0.315. The molecule has 1 unspecified atom stereocenters. The summed E-state index contributed by atoms with van der Waals surface area (Å²) in [4.78, 5) is 16.5. The van der Waals surface area contributed by atoms with Gasteiger partial charge in [0.25, 0.3) is 10.0 Å². The topological polar surface area (TPSA) is 140 Å². The Hall–Kier alpha value is -3.57. The molecule has 36 heavy (non-hydrogen) atoms. The van der Waals surface area contributed by atoms with Crippen LogP contribution in [0.1, 0.15) is 39.1 Å². The van der Waals surface area contributed by atoms with Crippen LogP contribution in [0.25, 0.3) is 11.4 Å². The van der Waals surface area contributed by atoms with E-state index in [1.807, 2.05) is 6.92 Å². The summed E-state index contributed by atoms with van der Waals surface area (Å²) in [6.45, 7) is 7.85. The van der Waals surface area contributed by atoms with Crippen molar-refractivity contribution in [2.45, 2.75) is 38.1 Å². The van der Waals surface area contributed by atoms with E-state index in [2.05, 4.69) is 26.8 Å². The number of anilines is 2. The molecule has 0 spiro atoms. The van der Waals surface area contributed by atoms with Gasteiger partial charge in [0.15, 0.2) is 0 Å². The Kier molecular flexibility index (Phi) is 8.26. The van der Waals surface area contributed by atoms with E-state index in [-0.39, 0.29) is 10.8 Å². The third-order valence-electron chi connectivity index (χ3n) is 5.64. The number of hydrogen-bond acceptors (Lipinski definition) is 7. The van der Waals surface area contributed by atoms with Gasteiger partial charge in [-0.05, 0) is 74.7 Å². The lowest BCUT2D eigenvalue weighted by molar-refractivity contribution is -0.124. The second kappa shape index (κ2) is 11.0. The van der Waals surface area contributed by atoms with Gasteiger partial charge < -0.3 is 15.6 Å². The van der Waals surface area contributed by atoms with Gasteiger partial charge in [0.1, 0.15) is 6.67 Å². The van der Waals surface area contributed by atoms with E-state index in [1.165, 1.54) is 50.2 Å². The Bertz CT molecular complexity index is 1300. The SMILES string of the molecule is C=CCC(C)[C@H](N)c1nc(-c2ccc(S(=O)(=O)Nc3ccc(NC(=O)C(C)(C)CF)cc3)cc2)no1. The van der Waals surface area contributed by atoms with Gasteiger partial charge in [-0.2, -0.15) is 4.98 Å². The molecular weight excluding hydrogens is 485 g/mol. The van der Waals surface area contributed by atoms with Crippen molar-refractivity contribution in [2.24, 2.45) is 17.1 Å². The van der Waals surface area contributed by atoms with Crippen LogP contribution in [-0.2, 0) is 14.8 Å². The molecular formula is C25H30FN5O4S. The average molecular weight is 516 g/mol. The Morgan fingerprint density at radius 1 is 1.17 bits per heavy atom. The van der Waals surface area contributed by atoms with Crippen LogP contribution in [0.15, 0.2) is 70.6 Å². The first-order chi connectivity index (χ1) is 17.0. The van der Waals surface area contributed by atoms with Crippen LogP contribution in [0.5, 0.6) is 0 Å². The van der Waals surface area contributed by atoms with Gasteiger partial charge in [-0.25, -0.2) is 12.8 Å². The zero-order valence-electron chi connectivity index (χ0n) is 20.4.